The maximum Gasteiger partial charge on any atom is 0.126 e. The van der Waals surface area contributed by atoms with Crippen LogP contribution >= 0.6 is 0 Å². The van der Waals surface area contributed by atoms with Crippen LogP contribution in [-0.2, 0) is 13.0 Å². The van der Waals surface area contributed by atoms with E-state index in [9.17, 15) is 0 Å². The number of imidazole rings is 1. The summed E-state index contributed by atoms with van der Waals surface area (Å²) in [7, 11) is 0. The Morgan fingerprint density at radius 2 is 1.65 bits per heavy atom. The molecule has 20 heavy (non-hydrogen) atoms. The molecule has 0 aliphatic heterocycles. The zero-order valence-corrected chi connectivity index (χ0v) is 12.8. The van der Waals surface area contributed by atoms with E-state index in [2.05, 4.69) is 18.4 Å². The van der Waals surface area contributed by atoms with Crippen molar-refractivity contribution >= 4 is 5.82 Å². The Labute approximate surface area is 122 Å². The van der Waals surface area contributed by atoms with Crippen molar-refractivity contribution < 1.29 is 0 Å². The van der Waals surface area contributed by atoms with Crippen molar-refractivity contribution in [2.45, 2.75) is 64.8 Å². The number of aryl methyl sites for hydroxylation is 1. The van der Waals surface area contributed by atoms with Crippen molar-refractivity contribution in [1.29, 1.82) is 0 Å². The normalized spacial score (nSPS) is 38.6. The van der Waals surface area contributed by atoms with Crippen LogP contribution in [-0.4, -0.2) is 9.55 Å². The summed E-state index contributed by atoms with van der Waals surface area (Å²) in [4.78, 5) is 4.98. The Hall–Kier alpha value is -0.990. The second-order valence-corrected chi connectivity index (χ2v) is 7.36. The van der Waals surface area contributed by atoms with E-state index in [1.807, 2.05) is 0 Å². The van der Waals surface area contributed by atoms with Crippen molar-refractivity contribution in [2.24, 2.45) is 23.7 Å². The molecule has 4 aliphatic carbocycles. The number of anilines is 1. The molecule has 0 spiro atoms. The number of nitrogen functional groups attached to an aromatic ring is 1. The zero-order chi connectivity index (χ0) is 13.9. The number of hydrogen-bond acceptors (Lipinski definition) is 2. The molecule has 0 aromatic carbocycles. The molecule has 0 unspecified atom stereocenters. The lowest BCUT2D eigenvalue weighted by molar-refractivity contribution is -0.00666. The summed E-state index contributed by atoms with van der Waals surface area (Å²) >= 11 is 0. The van der Waals surface area contributed by atoms with Gasteiger partial charge in [-0.3, -0.25) is 0 Å². The van der Waals surface area contributed by atoms with Crippen molar-refractivity contribution in [3.8, 4) is 0 Å². The van der Waals surface area contributed by atoms with Gasteiger partial charge in [-0.25, -0.2) is 4.98 Å². The SMILES string of the molecule is CCc1nc(C2C3CC4CC(C3)CC2C4)n(CC)c1N. The summed E-state index contributed by atoms with van der Waals surface area (Å²) in [5.41, 5.74) is 7.44. The van der Waals surface area contributed by atoms with Gasteiger partial charge in [0.05, 0.1) is 5.69 Å². The summed E-state index contributed by atoms with van der Waals surface area (Å²) in [5, 5.41) is 0. The van der Waals surface area contributed by atoms with Gasteiger partial charge in [0.1, 0.15) is 11.6 Å². The van der Waals surface area contributed by atoms with E-state index in [1.54, 1.807) is 0 Å². The van der Waals surface area contributed by atoms with Crippen LogP contribution in [0.5, 0.6) is 0 Å². The molecule has 4 saturated carbocycles. The third-order valence-electron chi connectivity index (χ3n) is 6.29. The number of aromatic nitrogens is 2. The van der Waals surface area contributed by atoms with E-state index < -0.39 is 0 Å². The lowest BCUT2D eigenvalue weighted by atomic mass is 9.51. The van der Waals surface area contributed by atoms with E-state index in [0.717, 1.165) is 48.1 Å². The number of rotatable bonds is 3. The van der Waals surface area contributed by atoms with Crippen LogP contribution in [0.1, 0.15) is 63.4 Å². The van der Waals surface area contributed by atoms with Gasteiger partial charge in [0.2, 0.25) is 0 Å². The molecule has 1 aromatic rings. The number of nitrogens with two attached hydrogens (primary N) is 1. The molecule has 4 bridgehead atoms. The highest BCUT2D eigenvalue weighted by Gasteiger charge is 2.50. The average molecular weight is 273 g/mol. The fourth-order valence-corrected chi connectivity index (χ4v) is 5.73. The molecule has 4 fully saturated rings. The first kappa shape index (κ1) is 12.7. The van der Waals surface area contributed by atoms with Crippen LogP contribution in [0.3, 0.4) is 0 Å². The third-order valence-corrected chi connectivity index (χ3v) is 6.29. The minimum absolute atomic E-state index is 0.699. The molecule has 0 saturated heterocycles. The molecule has 3 heteroatoms. The first-order valence-electron chi connectivity index (χ1n) is 8.55. The largest absolute Gasteiger partial charge is 0.384 e. The number of nitrogens with zero attached hydrogens (tertiary/aromatic N) is 2. The topological polar surface area (TPSA) is 43.8 Å². The zero-order valence-electron chi connectivity index (χ0n) is 12.8. The van der Waals surface area contributed by atoms with E-state index in [0.29, 0.717) is 5.92 Å². The molecule has 4 aliphatic rings. The van der Waals surface area contributed by atoms with Gasteiger partial charge in [0.15, 0.2) is 0 Å². The fourth-order valence-electron chi connectivity index (χ4n) is 5.73. The Bertz CT molecular complexity index is 489. The van der Waals surface area contributed by atoms with Crippen molar-refractivity contribution in [3.63, 3.8) is 0 Å². The molecule has 0 atom stereocenters. The first-order chi connectivity index (χ1) is 9.71. The summed E-state index contributed by atoms with van der Waals surface area (Å²) < 4.78 is 2.31. The van der Waals surface area contributed by atoms with Crippen LogP contribution < -0.4 is 5.73 Å². The second kappa shape index (κ2) is 4.51. The number of hydrogen-bond donors (Lipinski definition) is 1. The lowest BCUT2D eigenvalue weighted by Gasteiger charge is -2.54. The lowest BCUT2D eigenvalue weighted by Crippen LogP contribution is -2.44. The predicted molar refractivity (Wildman–Crippen MR) is 81.5 cm³/mol. The smallest absolute Gasteiger partial charge is 0.126 e. The van der Waals surface area contributed by atoms with Crippen LogP contribution in [0.15, 0.2) is 0 Å². The molecule has 110 valence electrons. The van der Waals surface area contributed by atoms with Gasteiger partial charge in [-0.15, -0.1) is 0 Å². The molecule has 3 nitrogen and oxygen atoms in total. The molecule has 2 N–H and O–H groups in total. The van der Waals surface area contributed by atoms with Crippen molar-refractivity contribution in [3.05, 3.63) is 11.5 Å². The van der Waals surface area contributed by atoms with Crippen LogP contribution in [0, 0.1) is 23.7 Å². The molecular weight excluding hydrogens is 246 g/mol. The summed E-state index contributed by atoms with van der Waals surface area (Å²) in [5.74, 6) is 6.80. The molecule has 1 heterocycles. The molecule has 1 aromatic heterocycles. The Morgan fingerprint density at radius 1 is 1.05 bits per heavy atom. The van der Waals surface area contributed by atoms with Gasteiger partial charge in [-0.2, -0.15) is 0 Å². The minimum Gasteiger partial charge on any atom is -0.384 e. The van der Waals surface area contributed by atoms with E-state index in [-0.39, 0.29) is 0 Å². The maximum absolute atomic E-state index is 6.32. The Balaban J connectivity index is 1.74. The van der Waals surface area contributed by atoms with Gasteiger partial charge < -0.3 is 10.3 Å². The highest BCUT2D eigenvalue weighted by Crippen LogP contribution is 2.59. The van der Waals surface area contributed by atoms with Gasteiger partial charge in [-0.1, -0.05) is 6.92 Å². The highest BCUT2D eigenvalue weighted by molar-refractivity contribution is 5.39. The average Bonchev–Trinajstić information content (AvgIpc) is 2.73. The van der Waals surface area contributed by atoms with Crippen LogP contribution in [0.25, 0.3) is 0 Å². The monoisotopic (exact) mass is 273 g/mol. The van der Waals surface area contributed by atoms with Crippen molar-refractivity contribution in [2.75, 3.05) is 5.73 Å². The van der Waals surface area contributed by atoms with Gasteiger partial charge in [0, 0.05) is 12.5 Å². The first-order valence-corrected chi connectivity index (χ1v) is 8.55. The molecule has 0 amide bonds. The van der Waals surface area contributed by atoms with E-state index in [1.165, 1.54) is 37.9 Å². The van der Waals surface area contributed by atoms with Gasteiger partial charge >= 0.3 is 0 Å². The summed E-state index contributed by atoms with van der Waals surface area (Å²) in [6.45, 7) is 5.34. The highest BCUT2D eigenvalue weighted by atomic mass is 15.1. The minimum atomic E-state index is 0.699. The van der Waals surface area contributed by atoms with Crippen molar-refractivity contribution in [1.82, 2.24) is 9.55 Å². The van der Waals surface area contributed by atoms with Gasteiger partial charge in [0.25, 0.3) is 0 Å². The Kier molecular flexibility index (Phi) is 2.87. The predicted octanol–water partition coefficient (Wildman–Crippen LogP) is 3.59. The molecular formula is C17H27N3. The maximum atomic E-state index is 6.32. The van der Waals surface area contributed by atoms with E-state index in [4.69, 9.17) is 10.7 Å². The molecule has 5 rings (SSSR count). The van der Waals surface area contributed by atoms with Crippen LogP contribution in [0.2, 0.25) is 0 Å². The fraction of sp³-hybridized carbons (Fsp3) is 0.824. The second-order valence-electron chi connectivity index (χ2n) is 7.36. The van der Waals surface area contributed by atoms with E-state index >= 15 is 0 Å². The van der Waals surface area contributed by atoms with Crippen LogP contribution in [0.4, 0.5) is 5.82 Å². The standard InChI is InChI=1S/C17H27N3/c1-3-14-16(18)20(4-2)17(19-14)15-12-6-10-5-11(8-12)9-13(15)7-10/h10-13,15H,3-9,18H2,1-2H3. The molecule has 0 radical (unpaired) electrons. The summed E-state index contributed by atoms with van der Waals surface area (Å²) in [6, 6.07) is 0. The third kappa shape index (κ3) is 1.68. The quantitative estimate of drug-likeness (QED) is 0.914. The van der Waals surface area contributed by atoms with Gasteiger partial charge in [-0.05, 0) is 69.1 Å². The Morgan fingerprint density at radius 3 is 2.15 bits per heavy atom. The summed E-state index contributed by atoms with van der Waals surface area (Å²) in [6.07, 6.45) is 8.29.